The maximum absolute atomic E-state index is 11.8. The maximum Gasteiger partial charge on any atom is 0.306 e. The van der Waals surface area contributed by atoms with Crippen molar-refractivity contribution in [3.8, 4) is 0 Å². The highest BCUT2D eigenvalue weighted by molar-refractivity contribution is 5.69. The van der Waals surface area contributed by atoms with Crippen molar-refractivity contribution >= 4 is 5.97 Å². The van der Waals surface area contributed by atoms with Gasteiger partial charge < -0.3 is 4.74 Å². The largest absolute Gasteiger partial charge is 0.466 e. The number of aromatic nitrogens is 2. The van der Waals surface area contributed by atoms with Crippen LogP contribution in [0.15, 0.2) is 48.8 Å². The maximum atomic E-state index is 11.8. The molecule has 0 saturated heterocycles. The zero-order valence-corrected chi connectivity index (χ0v) is 13.1. The lowest BCUT2D eigenvalue weighted by atomic mass is 9.98. The SMILES string of the molecule is CC(CCc1ccccc1)CC(=O)OCCCn1cccn1. The van der Waals surface area contributed by atoms with Gasteiger partial charge in [-0.15, -0.1) is 0 Å². The number of carbonyl (C=O) groups excluding carboxylic acids is 1. The number of rotatable bonds is 9. The molecular formula is C18H24N2O2. The van der Waals surface area contributed by atoms with Crippen molar-refractivity contribution in [2.75, 3.05) is 6.61 Å². The van der Waals surface area contributed by atoms with Crippen molar-refractivity contribution in [3.63, 3.8) is 0 Å². The molecule has 0 amide bonds. The summed E-state index contributed by atoms with van der Waals surface area (Å²) in [7, 11) is 0. The molecule has 2 aromatic rings. The number of nitrogens with zero attached hydrogens (tertiary/aromatic N) is 2. The predicted molar refractivity (Wildman–Crippen MR) is 86.3 cm³/mol. The van der Waals surface area contributed by atoms with E-state index in [4.69, 9.17) is 4.74 Å². The molecule has 4 nitrogen and oxygen atoms in total. The summed E-state index contributed by atoms with van der Waals surface area (Å²) in [6.45, 7) is 3.35. The van der Waals surface area contributed by atoms with E-state index in [0.717, 1.165) is 25.8 Å². The van der Waals surface area contributed by atoms with Gasteiger partial charge in [-0.05, 0) is 30.4 Å². The fraction of sp³-hybridized carbons (Fsp3) is 0.444. The van der Waals surface area contributed by atoms with Crippen LogP contribution >= 0.6 is 0 Å². The van der Waals surface area contributed by atoms with Gasteiger partial charge in [-0.2, -0.15) is 5.10 Å². The van der Waals surface area contributed by atoms with Gasteiger partial charge in [0.05, 0.1) is 6.61 Å². The van der Waals surface area contributed by atoms with E-state index in [1.54, 1.807) is 6.20 Å². The third-order valence-electron chi connectivity index (χ3n) is 3.64. The Bertz CT molecular complexity index is 537. The molecule has 1 aromatic heterocycles. The molecule has 0 aliphatic rings. The highest BCUT2D eigenvalue weighted by atomic mass is 16.5. The molecule has 22 heavy (non-hydrogen) atoms. The fourth-order valence-electron chi connectivity index (χ4n) is 2.35. The molecule has 4 heteroatoms. The van der Waals surface area contributed by atoms with E-state index >= 15 is 0 Å². The molecule has 1 atom stereocenters. The van der Waals surface area contributed by atoms with E-state index in [1.807, 2.05) is 35.1 Å². The Morgan fingerprint density at radius 3 is 2.82 bits per heavy atom. The average Bonchev–Trinajstić information content (AvgIpc) is 3.04. The Labute approximate surface area is 132 Å². The van der Waals surface area contributed by atoms with Gasteiger partial charge in [0.25, 0.3) is 0 Å². The normalized spacial score (nSPS) is 12.0. The first-order valence-electron chi connectivity index (χ1n) is 7.91. The van der Waals surface area contributed by atoms with Crippen LogP contribution in [0.3, 0.4) is 0 Å². The molecule has 2 rings (SSSR count). The Morgan fingerprint density at radius 2 is 2.09 bits per heavy atom. The van der Waals surface area contributed by atoms with Gasteiger partial charge in [0, 0.05) is 31.8 Å². The Morgan fingerprint density at radius 1 is 1.27 bits per heavy atom. The minimum Gasteiger partial charge on any atom is -0.466 e. The number of benzene rings is 1. The smallest absolute Gasteiger partial charge is 0.306 e. The van der Waals surface area contributed by atoms with Gasteiger partial charge in [-0.3, -0.25) is 9.48 Å². The quantitative estimate of drug-likeness (QED) is 0.526. The van der Waals surface area contributed by atoms with Gasteiger partial charge >= 0.3 is 5.97 Å². The average molecular weight is 300 g/mol. The highest BCUT2D eigenvalue weighted by Crippen LogP contribution is 2.13. The summed E-state index contributed by atoms with van der Waals surface area (Å²) < 4.78 is 7.13. The fourth-order valence-corrected chi connectivity index (χ4v) is 2.35. The van der Waals surface area contributed by atoms with E-state index in [2.05, 4.69) is 24.2 Å². The summed E-state index contributed by atoms with van der Waals surface area (Å²) in [6, 6.07) is 12.3. The van der Waals surface area contributed by atoms with Crippen molar-refractivity contribution in [2.24, 2.45) is 5.92 Å². The molecule has 0 spiro atoms. The first kappa shape index (κ1) is 16.3. The van der Waals surface area contributed by atoms with Crippen LogP contribution in [0, 0.1) is 5.92 Å². The van der Waals surface area contributed by atoms with Crippen LogP contribution in [0.25, 0.3) is 0 Å². The third-order valence-corrected chi connectivity index (χ3v) is 3.64. The van der Waals surface area contributed by atoms with Crippen LogP contribution in [0.4, 0.5) is 0 Å². The minimum atomic E-state index is -0.0963. The number of hydrogen-bond donors (Lipinski definition) is 0. The van der Waals surface area contributed by atoms with E-state index in [0.29, 0.717) is 18.9 Å². The molecule has 0 radical (unpaired) electrons. The second-order valence-electron chi connectivity index (χ2n) is 5.68. The predicted octanol–water partition coefficient (Wildman–Crippen LogP) is 3.48. The van der Waals surface area contributed by atoms with Crippen molar-refractivity contribution in [1.29, 1.82) is 0 Å². The van der Waals surface area contributed by atoms with Crippen LogP contribution in [-0.4, -0.2) is 22.4 Å². The highest BCUT2D eigenvalue weighted by Gasteiger charge is 2.10. The van der Waals surface area contributed by atoms with E-state index in [-0.39, 0.29) is 5.97 Å². The zero-order valence-electron chi connectivity index (χ0n) is 13.1. The summed E-state index contributed by atoms with van der Waals surface area (Å²) >= 11 is 0. The second kappa shape index (κ2) is 9.03. The molecule has 0 fully saturated rings. The van der Waals surface area contributed by atoms with Gasteiger partial charge in [0.15, 0.2) is 0 Å². The molecule has 0 bridgehead atoms. The van der Waals surface area contributed by atoms with Crippen molar-refractivity contribution in [3.05, 3.63) is 54.4 Å². The molecular weight excluding hydrogens is 276 g/mol. The lowest BCUT2D eigenvalue weighted by molar-refractivity contribution is -0.144. The molecule has 0 saturated carbocycles. The Balaban J connectivity index is 1.56. The van der Waals surface area contributed by atoms with Gasteiger partial charge in [-0.25, -0.2) is 0 Å². The van der Waals surface area contributed by atoms with Gasteiger partial charge in [0.1, 0.15) is 0 Å². The van der Waals surface area contributed by atoms with E-state index in [9.17, 15) is 4.79 Å². The van der Waals surface area contributed by atoms with Crippen LogP contribution < -0.4 is 0 Å². The number of carbonyl (C=O) groups is 1. The van der Waals surface area contributed by atoms with Crippen LogP contribution in [0.5, 0.6) is 0 Å². The lowest BCUT2D eigenvalue weighted by Gasteiger charge is -2.11. The summed E-state index contributed by atoms with van der Waals surface area (Å²) in [5, 5.41) is 4.11. The number of aryl methyl sites for hydroxylation is 2. The zero-order chi connectivity index (χ0) is 15.6. The van der Waals surface area contributed by atoms with Gasteiger partial charge in [0.2, 0.25) is 0 Å². The van der Waals surface area contributed by atoms with Crippen molar-refractivity contribution < 1.29 is 9.53 Å². The topological polar surface area (TPSA) is 44.1 Å². The monoisotopic (exact) mass is 300 g/mol. The minimum absolute atomic E-state index is 0.0963. The van der Waals surface area contributed by atoms with Crippen molar-refractivity contribution in [1.82, 2.24) is 9.78 Å². The third kappa shape index (κ3) is 6.12. The molecule has 1 unspecified atom stereocenters. The molecule has 0 N–H and O–H groups in total. The molecule has 0 aliphatic carbocycles. The standard InChI is InChI=1S/C18H24N2O2/c1-16(9-10-17-7-3-2-4-8-17)15-18(21)22-14-6-13-20-12-5-11-19-20/h2-5,7-8,11-12,16H,6,9-10,13-15H2,1H3. The number of ether oxygens (including phenoxy) is 1. The number of esters is 1. The van der Waals surface area contributed by atoms with Crippen LogP contribution in [0.2, 0.25) is 0 Å². The Hall–Kier alpha value is -2.10. The number of hydrogen-bond acceptors (Lipinski definition) is 3. The second-order valence-corrected chi connectivity index (χ2v) is 5.68. The summed E-state index contributed by atoms with van der Waals surface area (Å²) in [6.07, 6.45) is 6.97. The Kier molecular flexibility index (Phi) is 6.68. The van der Waals surface area contributed by atoms with Crippen LogP contribution in [0.1, 0.15) is 31.7 Å². The molecule has 1 heterocycles. The summed E-state index contributed by atoms with van der Waals surface area (Å²) in [5.41, 5.74) is 1.32. The molecule has 0 aliphatic heterocycles. The van der Waals surface area contributed by atoms with Crippen molar-refractivity contribution in [2.45, 2.75) is 39.2 Å². The van der Waals surface area contributed by atoms with E-state index < -0.39 is 0 Å². The summed E-state index contributed by atoms with van der Waals surface area (Å²) in [4.78, 5) is 11.8. The summed E-state index contributed by atoms with van der Waals surface area (Å²) in [5.74, 6) is 0.250. The first-order chi connectivity index (χ1) is 10.7. The lowest BCUT2D eigenvalue weighted by Crippen LogP contribution is -2.12. The van der Waals surface area contributed by atoms with E-state index in [1.165, 1.54) is 5.56 Å². The molecule has 118 valence electrons. The van der Waals surface area contributed by atoms with Gasteiger partial charge in [-0.1, -0.05) is 37.3 Å². The van der Waals surface area contributed by atoms with Crippen LogP contribution in [-0.2, 0) is 22.5 Å². The first-order valence-corrected chi connectivity index (χ1v) is 7.91. The molecule has 1 aromatic carbocycles.